The van der Waals surface area contributed by atoms with Crippen LogP contribution < -0.4 is 0 Å². The Morgan fingerprint density at radius 3 is 2.52 bits per heavy atom. The molecule has 108 valence electrons. The third-order valence-corrected chi connectivity index (χ3v) is 3.87. The van der Waals surface area contributed by atoms with E-state index >= 15 is 0 Å². The summed E-state index contributed by atoms with van der Waals surface area (Å²) in [6.45, 7) is 4.68. The second-order valence-electron chi connectivity index (χ2n) is 5.41. The molecule has 1 aromatic heterocycles. The van der Waals surface area contributed by atoms with Crippen molar-refractivity contribution in [1.82, 2.24) is 9.55 Å². The van der Waals surface area contributed by atoms with Crippen molar-refractivity contribution >= 4 is 11.0 Å². The normalized spacial score (nSPS) is 12.7. The van der Waals surface area contributed by atoms with Crippen LogP contribution >= 0.6 is 0 Å². The first kappa shape index (κ1) is 13.8. The fourth-order valence-corrected chi connectivity index (χ4v) is 2.67. The topological polar surface area (TPSA) is 38.0 Å². The van der Waals surface area contributed by atoms with Crippen LogP contribution in [-0.4, -0.2) is 14.7 Å². The summed E-state index contributed by atoms with van der Waals surface area (Å²) < 4.78 is 2.12. The first-order valence-electron chi connectivity index (χ1n) is 7.38. The fourth-order valence-electron chi connectivity index (χ4n) is 2.67. The zero-order chi connectivity index (χ0) is 14.8. The van der Waals surface area contributed by atoms with E-state index in [4.69, 9.17) is 0 Å². The van der Waals surface area contributed by atoms with Crippen LogP contribution in [0.1, 0.15) is 30.0 Å². The van der Waals surface area contributed by atoms with Crippen LogP contribution in [0.25, 0.3) is 11.0 Å². The van der Waals surface area contributed by atoms with Crippen molar-refractivity contribution < 1.29 is 5.11 Å². The molecule has 0 aliphatic carbocycles. The number of fused-ring (bicyclic) bond motifs is 1. The molecule has 1 unspecified atom stereocenters. The summed E-state index contributed by atoms with van der Waals surface area (Å²) in [6.07, 6.45) is 0.337. The second kappa shape index (κ2) is 5.70. The summed E-state index contributed by atoms with van der Waals surface area (Å²) in [4.78, 5) is 4.64. The Hall–Kier alpha value is -2.13. The second-order valence-corrected chi connectivity index (χ2v) is 5.41. The number of imidazole rings is 1. The van der Waals surface area contributed by atoms with Crippen LogP contribution in [-0.2, 0) is 13.0 Å². The number of aliphatic hydroxyl groups excluding tert-OH is 1. The van der Waals surface area contributed by atoms with Gasteiger partial charge in [0.1, 0.15) is 5.82 Å². The SMILES string of the molecule is CCc1nc2ccccc2n1CC(O)c1ccc(C)cc1. The molecular formula is C18H20N2O. The van der Waals surface area contributed by atoms with Gasteiger partial charge in [-0.05, 0) is 24.6 Å². The Morgan fingerprint density at radius 1 is 1.10 bits per heavy atom. The number of benzene rings is 2. The smallest absolute Gasteiger partial charge is 0.109 e. The first-order valence-corrected chi connectivity index (χ1v) is 7.38. The number of rotatable bonds is 4. The van der Waals surface area contributed by atoms with Gasteiger partial charge in [-0.25, -0.2) is 4.98 Å². The minimum Gasteiger partial charge on any atom is -0.387 e. The standard InChI is InChI=1S/C18H20N2O/c1-3-18-19-15-6-4-5-7-16(15)20(18)12-17(21)14-10-8-13(2)9-11-14/h4-11,17,21H,3,12H2,1-2H3. The third kappa shape index (κ3) is 2.69. The van der Waals surface area contributed by atoms with Gasteiger partial charge in [-0.1, -0.05) is 48.9 Å². The molecule has 0 aliphatic heterocycles. The molecule has 0 bridgehead atoms. The van der Waals surface area contributed by atoms with Crippen LogP contribution in [0.3, 0.4) is 0 Å². The molecule has 1 heterocycles. The Morgan fingerprint density at radius 2 is 1.81 bits per heavy atom. The van der Waals surface area contributed by atoms with E-state index in [9.17, 15) is 5.11 Å². The quantitative estimate of drug-likeness (QED) is 0.792. The number of aryl methyl sites for hydroxylation is 2. The highest BCUT2D eigenvalue weighted by Gasteiger charge is 2.14. The maximum absolute atomic E-state index is 10.5. The van der Waals surface area contributed by atoms with Gasteiger partial charge in [0.25, 0.3) is 0 Å². The first-order chi connectivity index (χ1) is 10.2. The number of aromatic nitrogens is 2. The van der Waals surface area contributed by atoms with Crippen LogP contribution in [0.5, 0.6) is 0 Å². The molecule has 0 aliphatic rings. The van der Waals surface area contributed by atoms with E-state index in [1.165, 1.54) is 5.56 Å². The fraction of sp³-hybridized carbons (Fsp3) is 0.278. The van der Waals surface area contributed by atoms with E-state index in [1.54, 1.807) is 0 Å². The lowest BCUT2D eigenvalue weighted by Gasteiger charge is -2.15. The predicted molar refractivity (Wildman–Crippen MR) is 85.2 cm³/mol. The van der Waals surface area contributed by atoms with Crippen molar-refractivity contribution in [2.45, 2.75) is 32.9 Å². The third-order valence-electron chi connectivity index (χ3n) is 3.87. The Kier molecular flexibility index (Phi) is 3.76. The molecular weight excluding hydrogens is 260 g/mol. The number of nitrogens with zero attached hydrogens (tertiary/aromatic N) is 2. The average molecular weight is 280 g/mol. The summed E-state index contributed by atoms with van der Waals surface area (Å²) >= 11 is 0. The van der Waals surface area contributed by atoms with E-state index in [2.05, 4.69) is 29.5 Å². The lowest BCUT2D eigenvalue weighted by Crippen LogP contribution is -2.11. The van der Waals surface area contributed by atoms with E-state index in [0.29, 0.717) is 6.54 Å². The van der Waals surface area contributed by atoms with Gasteiger partial charge in [-0.2, -0.15) is 0 Å². The molecule has 21 heavy (non-hydrogen) atoms. The summed E-state index contributed by atoms with van der Waals surface area (Å²) in [5, 5.41) is 10.5. The summed E-state index contributed by atoms with van der Waals surface area (Å²) in [7, 11) is 0. The highest BCUT2D eigenvalue weighted by Crippen LogP contribution is 2.22. The van der Waals surface area contributed by atoms with E-state index in [1.807, 2.05) is 42.5 Å². The summed E-state index contributed by atoms with van der Waals surface area (Å²) in [5.74, 6) is 1.02. The number of hydrogen-bond acceptors (Lipinski definition) is 2. The molecule has 0 radical (unpaired) electrons. The molecule has 2 aromatic carbocycles. The van der Waals surface area contributed by atoms with Gasteiger partial charge in [0.15, 0.2) is 0 Å². The maximum Gasteiger partial charge on any atom is 0.109 e. The molecule has 3 aromatic rings. The lowest BCUT2D eigenvalue weighted by atomic mass is 10.1. The van der Waals surface area contributed by atoms with Crippen LogP contribution in [0.4, 0.5) is 0 Å². The van der Waals surface area contributed by atoms with Gasteiger partial charge in [0.2, 0.25) is 0 Å². The van der Waals surface area contributed by atoms with Crippen molar-refractivity contribution in [3.63, 3.8) is 0 Å². The number of para-hydroxylation sites is 2. The Labute approximate surface area is 124 Å². The van der Waals surface area contributed by atoms with Crippen molar-refractivity contribution in [3.05, 3.63) is 65.5 Å². The molecule has 3 nitrogen and oxygen atoms in total. The molecule has 3 rings (SSSR count). The van der Waals surface area contributed by atoms with Crippen molar-refractivity contribution in [3.8, 4) is 0 Å². The largest absolute Gasteiger partial charge is 0.387 e. The van der Waals surface area contributed by atoms with Crippen LogP contribution in [0, 0.1) is 6.92 Å². The minimum absolute atomic E-state index is 0.520. The van der Waals surface area contributed by atoms with Gasteiger partial charge in [-0.15, -0.1) is 0 Å². The monoisotopic (exact) mass is 280 g/mol. The van der Waals surface area contributed by atoms with Crippen molar-refractivity contribution in [2.75, 3.05) is 0 Å². The zero-order valence-corrected chi connectivity index (χ0v) is 12.5. The zero-order valence-electron chi connectivity index (χ0n) is 12.5. The summed E-state index contributed by atoms with van der Waals surface area (Å²) in [6, 6.07) is 16.1. The molecule has 0 saturated heterocycles. The molecule has 0 saturated carbocycles. The number of aliphatic hydroxyl groups is 1. The molecule has 1 atom stereocenters. The highest BCUT2D eigenvalue weighted by atomic mass is 16.3. The van der Waals surface area contributed by atoms with Gasteiger partial charge < -0.3 is 9.67 Å². The predicted octanol–water partition coefficient (Wildman–Crippen LogP) is 3.64. The molecule has 0 spiro atoms. The van der Waals surface area contributed by atoms with Crippen LogP contribution in [0.15, 0.2) is 48.5 Å². The van der Waals surface area contributed by atoms with Crippen molar-refractivity contribution in [1.29, 1.82) is 0 Å². The Bertz CT molecular complexity index is 744. The van der Waals surface area contributed by atoms with Gasteiger partial charge >= 0.3 is 0 Å². The average Bonchev–Trinajstić information content (AvgIpc) is 2.86. The lowest BCUT2D eigenvalue weighted by molar-refractivity contribution is 0.157. The van der Waals surface area contributed by atoms with E-state index < -0.39 is 6.10 Å². The molecule has 0 amide bonds. The van der Waals surface area contributed by atoms with Gasteiger partial charge in [0, 0.05) is 6.42 Å². The van der Waals surface area contributed by atoms with E-state index in [0.717, 1.165) is 28.8 Å². The van der Waals surface area contributed by atoms with Crippen molar-refractivity contribution in [2.24, 2.45) is 0 Å². The molecule has 0 fully saturated rings. The highest BCUT2D eigenvalue weighted by molar-refractivity contribution is 5.75. The van der Waals surface area contributed by atoms with Crippen LogP contribution in [0.2, 0.25) is 0 Å². The van der Waals surface area contributed by atoms with E-state index in [-0.39, 0.29) is 0 Å². The minimum atomic E-state index is -0.520. The number of hydrogen-bond donors (Lipinski definition) is 1. The van der Waals surface area contributed by atoms with Gasteiger partial charge in [0.05, 0.1) is 23.7 Å². The molecule has 1 N–H and O–H groups in total. The molecule has 3 heteroatoms. The summed E-state index contributed by atoms with van der Waals surface area (Å²) in [5.41, 5.74) is 4.22. The van der Waals surface area contributed by atoms with Gasteiger partial charge in [-0.3, -0.25) is 0 Å². The maximum atomic E-state index is 10.5. The Balaban J connectivity index is 1.95.